The molecule has 0 radical (unpaired) electrons. The van der Waals surface area contributed by atoms with Crippen molar-refractivity contribution >= 4 is 17.6 Å². The van der Waals surface area contributed by atoms with Gasteiger partial charge in [-0.25, -0.2) is 14.5 Å². The van der Waals surface area contributed by atoms with Crippen LogP contribution in [0.25, 0.3) is 5.69 Å². The molecule has 6 nitrogen and oxygen atoms in total. The molecule has 1 aliphatic carbocycles. The number of rotatable bonds is 5. The van der Waals surface area contributed by atoms with Crippen molar-refractivity contribution in [2.24, 2.45) is 0 Å². The van der Waals surface area contributed by atoms with E-state index in [0.29, 0.717) is 11.7 Å². The number of nitrogens with zero attached hydrogens (tertiary/aromatic N) is 3. The van der Waals surface area contributed by atoms with E-state index in [0.717, 1.165) is 41.3 Å². The molecule has 2 heterocycles. The summed E-state index contributed by atoms with van der Waals surface area (Å²) in [5.74, 6) is 0.514. The van der Waals surface area contributed by atoms with Crippen LogP contribution in [-0.4, -0.2) is 25.8 Å². The molecule has 0 bridgehead atoms. The van der Waals surface area contributed by atoms with Crippen molar-refractivity contribution in [2.45, 2.75) is 45.4 Å². The molecule has 1 fully saturated rings. The van der Waals surface area contributed by atoms with Crippen LogP contribution in [0.5, 0.6) is 0 Å². The fraction of sp³-hybridized carbons (Fsp3) is 0.318. The molecule has 1 aromatic carbocycles. The van der Waals surface area contributed by atoms with Gasteiger partial charge in [-0.3, -0.25) is 0 Å². The number of hydrogen-bond acceptors (Lipinski definition) is 4. The third kappa shape index (κ3) is 3.50. The molecule has 1 saturated carbocycles. The third-order valence-electron chi connectivity index (χ3n) is 5.36. The van der Waals surface area contributed by atoms with Crippen LogP contribution in [0.1, 0.15) is 58.9 Å². The molecule has 144 valence electrons. The van der Waals surface area contributed by atoms with E-state index in [4.69, 9.17) is 5.10 Å². The van der Waals surface area contributed by atoms with Gasteiger partial charge in [0.1, 0.15) is 17.2 Å². The predicted molar refractivity (Wildman–Crippen MR) is 109 cm³/mol. The molecule has 2 N–H and O–H groups in total. The lowest BCUT2D eigenvalue weighted by Gasteiger charge is -2.13. The Morgan fingerprint density at radius 1 is 1.14 bits per heavy atom. The minimum absolute atomic E-state index is 0.144. The molecular formula is C22H24N4O2. The van der Waals surface area contributed by atoms with Crippen LogP contribution < -0.4 is 5.32 Å². The van der Waals surface area contributed by atoms with Gasteiger partial charge in [0.2, 0.25) is 0 Å². The zero-order valence-electron chi connectivity index (χ0n) is 16.1. The van der Waals surface area contributed by atoms with Crippen LogP contribution in [0, 0.1) is 13.8 Å². The van der Waals surface area contributed by atoms with Crippen molar-refractivity contribution < 1.29 is 9.90 Å². The van der Waals surface area contributed by atoms with Gasteiger partial charge >= 0.3 is 5.97 Å². The highest BCUT2D eigenvalue weighted by atomic mass is 16.4. The van der Waals surface area contributed by atoms with Crippen LogP contribution in [0.3, 0.4) is 0 Å². The average molecular weight is 376 g/mol. The third-order valence-corrected chi connectivity index (χ3v) is 5.36. The number of anilines is 2. The number of hydrogen-bond donors (Lipinski definition) is 2. The molecule has 0 saturated heterocycles. The number of benzene rings is 1. The second-order valence-electron chi connectivity index (χ2n) is 7.41. The molecule has 0 unspecified atom stereocenters. The number of para-hydroxylation sites is 1. The van der Waals surface area contributed by atoms with Crippen molar-refractivity contribution in [3.63, 3.8) is 0 Å². The van der Waals surface area contributed by atoms with Crippen molar-refractivity contribution in [2.75, 3.05) is 5.32 Å². The Kier molecular flexibility index (Phi) is 4.86. The van der Waals surface area contributed by atoms with Gasteiger partial charge in [0, 0.05) is 17.7 Å². The summed E-state index contributed by atoms with van der Waals surface area (Å²) in [4.78, 5) is 16.1. The zero-order chi connectivity index (χ0) is 19.7. The molecule has 0 atom stereocenters. The first-order valence-corrected chi connectivity index (χ1v) is 9.67. The van der Waals surface area contributed by atoms with Gasteiger partial charge in [0.15, 0.2) is 0 Å². The molecular weight excluding hydrogens is 352 g/mol. The molecule has 0 aliphatic heterocycles. The lowest BCUT2D eigenvalue weighted by molar-refractivity contribution is 0.0697. The second-order valence-corrected chi connectivity index (χ2v) is 7.41. The van der Waals surface area contributed by atoms with Gasteiger partial charge in [-0.05, 0) is 50.5 Å². The average Bonchev–Trinajstić information content (AvgIpc) is 3.32. The molecule has 1 aliphatic rings. The molecule has 0 spiro atoms. The van der Waals surface area contributed by atoms with Crippen LogP contribution in [-0.2, 0) is 0 Å². The second kappa shape index (κ2) is 7.46. The van der Waals surface area contributed by atoms with Gasteiger partial charge in [-0.1, -0.05) is 31.0 Å². The van der Waals surface area contributed by atoms with Gasteiger partial charge < -0.3 is 10.4 Å². The number of carbonyl (C=O) groups is 1. The number of pyridine rings is 1. The molecule has 4 rings (SSSR count). The Balaban J connectivity index is 1.81. The maximum atomic E-state index is 11.6. The van der Waals surface area contributed by atoms with Crippen molar-refractivity contribution in [1.82, 2.24) is 14.8 Å². The Morgan fingerprint density at radius 3 is 2.61 bits per heavy atom. The molecule has 3 aromatic rings. The maximum absolute atomic E-state index is 11.6. The van der Waals surface area contributed by atoms with Gasteiger partial charge in [-0.15, -0.1) is 0 Å². The largest absolute Gasteiger partial charge is 0.478 e. The van der Waals surface area contributed by atoms with Gasteiger partial charge in [0.25, 0.3) is 0 Å². The number of aromatic carboxylic acids is 1. The molecule has 2 aromatic heterocycles. The van der Waals surface area contributed by atoms with Crippen molar-refractivity contribution in [3.8, 4) is 5.69 Å². The first-order valence-electron chi connectivity index (χ1n) is 9.67. The topological polar surface area (TPSA) is 80.0 Å². The number of carboxylic acid groups (broad SMARTS) is 1. The lowest BCUT2D eigenvalue weighted by atomic mass is 10.0. The van der Waals surface area contributed by atoms with E-state index in [1.54, 1.807) is 12.1 Å². The van der Waals surface area contributed by atoms with E-state index in [1.807, 2.05) is 48.9 Å². The highest BCUT2D eigenvalue weighted by Gasteiger charge is 2.23. The van der Waals surface area contributed by atoms with E-state index < -0.39 is 5.97 Å². The SMILES string of the molecule is Cc1ccc(C(=O)O)c(Nc2cc(C3CCCC3)nn2-c2ccccc2C)n1. The molecule has 6 heteroatoms. The summed E-state index contributed by atoms with van der Waals surface area (Å²) in [5, 5.41) is 17.7. The van der Waals surface area contributed by atoms with Gasteiger partial charge in [0.05, 0.1) is 11.4 Å². The Labute approximate surface area is 164 Å². The summed E-state index contributed by atoms with van der Waals surface area (Å²) in [7, 11) is 0. The minimum atomic E-state index is -1.01. The standard InChI is InChI=1S/C22H24N4O2/c1-14-7-3-6-10-19(14)26-20(13-18(25-26)16-8-4-5-9-16)24-21-17(22(27)28)12-11-15(2)23-21/h3,6-7,10-13,16H,4-5,8-9H2,1-2H3,(H,23,24)(H,27,28). The van der Waals surface area contributed by atoms with Crippen molar-refractivity contribution in [3.05, 3.63) is 65.0 Å². The highest BCUT2D eigenvalue weighted by molar-refractivity contribution is 5.93. The maximum Gasteiger partial charge on any atom is 0.339 e. The van der Waals surface area contributed by atoms with Gasteiger partial charge in [-0.2, -0.15) is 5.10 Å². The zero-order valence-corrected chi connectivity index (χ0v) is 16.1. The van der Waals surface area contributed by atoms with Crippen LogP contribution >= 0.6 is 0 Å². The summed E-state index contributed by atoms with van der Waals surface area (Å²) in [6.45, 7) is 3.89. The Hall–Kier alpha value is -3.15. The van der Waals surface area contributed by atoms with Crippen LogP contribution in [0.15, 0.2) is 42.5 Å². The van der Waals surface area contributed by atoms with E-state index in [1.165, 1.54) is 12.8 Å². The summed E-state index contributed by atoms with van der Waals surface area (Å²) < 4.78 is 1.87. The highest BCUT2D eigenvalue weighted by Crippen LogP contribution is 2.36. The normalized spacial score (nSPS) is 14.4. The quantitative estimate of drug-likeness (QED) is 0.656. The van der Waals surface area contributed by atoms with E-state index in [9.17, 15) is 9.90 Å². The van der Waals surface area contributed by atoms with Crippen LogP contribution in [0.4, 0.5) is 11.6 Å². The Morgan fingerprint density at radius 2 is 1.89 bits per heavy atom. The van der Waals surface area contributed by atoms with E-state index in [2.05, 4.69) is 10.3 Å². The molecule has 28 heavy (non-hydrogen) atoms. The smallest absolute Gasteiger partial charge is 0.339 e. The monoisotopic (exact) mass is 376 g/mol. The van der Waals surface area contributed by atoms with Crippen molar-refractivity contribution in [1.29, 1.82) is 0 Å². The Bertz CT molecular complexity index is 1020. The fourth-order valence-corrected chi connectivity index (χ4v) is 3.84. The van der Waals surface area contributed by atoms with E-state index in [-0.39, 0.29) is 5.56 Å². The number of aryl methyl sites for hydroxylation is 2. The van der Waals surface area contributed by atoms with Crippen LogP contribution in [0.2, 0.25) is 0 Å². The number of aromatic nitrogens is 3. The molecule has 0 amide bonds. The summed E-state index contributed by atoms with van der Waals surface area (Å²) in [6.07, 6.45) is 4.75. The minimum Gasteiger partial charge on any atom is -0.478 e. The predicted octanol–water partition coefficient (Wildman–Crippen LogP) is 4.98. The lowest BCUT2D eigenvalue weighted by Crippen LogP contribution is -2.09. The number of carboxylic acids is 1. The first-order chi connectivity index (χ1) is 13.5. The summed E-state index contributed by atoms with van der Waals surface area (Å²) in [5.41, 5.74) is 4.02. The summed E-state index contributed by atoms with van der Waals surface area (Å²) in [6, 6.07) is 13.4. The first kappa shape index (κ1) is 18.2. The summed E-state index contributed by atoms with van der Waals surface area (Å²) >= 11 is 0. The fourth-order valence-electron chi connectivity index (χ4n) is 3.84. The number of nitrogens with one attached hydrogen (secondary N) is 1. The van der Waals surface area contributed by atoms with E-state index >= 15 is 0 Å².